The lowest BCUT2D eigenvalue weighted by molar-refractivity contribution is 0.0690. The topological polar surface area (TPSA) is 63.7 Å². The van der Waals surface area contributed by atoms with Gasteiger partial charge in [-0.25, -0.2) is 0 Å². The highest BCUT2D eigenvalue weighted by molar-refractivity contribution is 7.86. The van der Waals surface area contributed by atoms with Crippen LogP contribution in [-0.4, -0.2) is 31.5 Å². The van der Waals surface area contributed by atoms with Crippen LogP contribution < -0.4 is 4.18 Å². The van der Waals surface area contributed by atoms with Gasteiger partial charge in [0.1, 0.15) is 5.75 Å². The average molecular weight is 382 g/mol. The third kappa shape index (κ3) is 5.47. The van der Waals surface area contributed by atoms with E-state index in [0.29, 0.717) is 17.1 Å². The lowest BCUT2D eigenvalue weighted by atomic mass is 10.1. The lowest BCUT2D eigenvalue weighted by Gasteiger charge is -2.27. The largest absolute Gasteiger partial charge is 0.383 e. The lowest BCUT2D eigenvalue weighted by Crippen LogP contribution is -2.36. The van der Waals surface area contributed by atoms with E-state index >= 15 is 0 Å². The van der Waals surface area contributed by atoms with E-state index in [9.17, 15) is 13.2 Å². The molecule has 134 valence electrons. The molecule has 0 spiro atoms. The van der Waals surface area contributed by atoms with Crippen LogP contribution in [0, 0.1) is 0 Å². The minimum atomic E-state index is -3.60. The monoisotopic (exact) mass is 381 g/mol. The summed E-state index contributed by atoms with van der Waals surface area (Å²) in [6.45, 7) is 4.12. The van der Waals surface area contributed by atoms with Gasteiger partial charge in [0.05, 0.1) is 16.8 Å². The van der Waals surface area contributed by atoms with Crippen LogP contribution in [0.4, 0.5) is 0 Å². The van der Waals surface area contributed by atoms with Gasteiger partial charge in [-0.05, 0) is 43.7 Å². The van der Waals surface area contributed by atoms with Gasteiger partial charge in [0.25, 0.3) is 5.91 Å². The van der Waals surface area contributed by atoms with E-state index < -0.39 is 10.1 Å². The first-order chi connectivity index (χ1) is 11.7. The molecule has 0 N–H and O–H groups in total. The molecule has 0 aliphatic heterocycles. The minimum Gasteiger partial charge on any atom is -0.383 e. The van der Waals surface area contributed by atoms with Gasteiger partial charge in [-0.2, -0.15) is 8.42 Å². The molecule has 2 aromatic carbocycles. The number of amides is 1. The second-order valence-electron chi connectivity index (χ2n) is 5.94. The van der Waals surface area contributed by atoms with Crippen molar-refractivity contribution in [1.82, 2.24) is 4.90 Å². The molecule has 0 heterocycles. The second-order valence-corrected chi connectivity index (χ2v) is 7.92. The summed E-state index contributed by atoms with van der Waals surface area (Å²) < 4.78 is 27.4. The summed E-state index contributed by atoms with van der Waals surface area (Å²) >= 11 is 6.13. The number of hydrogen-bond acceptors (Lipinski definition) is 4. The van der Waals surface area contributed by atoms with Gasteiger partial charge in [-0.15, -0.1) is 0 Å². The van der Waals surface area contributed by atoms with Crippen molar-refractivity contribution in [3.8, 4) is 5.75 Å². The van der Waals surface area contributed by atoms with Crippen molar-refractivity contribution in [3.63, 3.8) is 0 Å². The van der Waals surface area contributed by atoms with Crippen LogP contribution in [0.5, 0.6) is 5.75 Å². The Morgan fingerprint density at radius 1 is 1.16 bits per heavy atom. The van der Waals surface area contributed by atoms with Crippen molar-refractivity contribution in [2.45, 2.75) is 26.4 Å². The van der Waals surface area contributed by atoms with E-state index in [-0.39, 0.29) is 17.7 Å². The Morgan fingerprint density at radius 2 is 1.84 bits per heavy atom. The Hall–Kier alpha value is -2.05. The number of carbonyl (C=O) groups excluding carboxylic acids is 1. The second kappa shape index (κ2) is 7.89. The summed E-state index contributed by atoms with van der Waals surface area (Å²) in [5.41, 5.74) is 1.19. The molecule has 5 nitrogen and oxygen atoms in total. The van der Waals surface area contributed by atoms with Crippen LogP contribution in [0.1, 0.15) is 29.8 Å². The first-order valence-corrected chi connectivity index (χ1v) is 9.90. The molecule has 0 aromatic heterocycles. The van der Waals surface area contributed by atoms with Crippen molar-refractivity contribution in [2.24, 2.45) is 0 Å². The summed E-state index contributed by atoms with van der Waals surface area (Å²) in [4.78, 5) is 14.5. The number of nitrogens with zero attached hydrogens (tertiary/aromatic N) is 1. The molecule has 0 aliphatic rings. The summed E-state index contributed by atoms with van der Waals surface area (Å²) in [6, 6.07) is 13.5. The Balaban J connectivity index is 2.27. The maximum absolute atomic E-state index is 12.8. The molecule has 0 radical (unpaired) electrons. The molecule has 2 rings (SSSR count). The molecular formula is C18H20ClNO4S. The molecule has 0 saturated heterocycles. The normalized spacial score (nSPS) is 11.4. The molecule has 0 unspecified atom stereocenters. The molecule has 7 heteroatoms. The molecule has 0 aliphatic carbocycles. The van der Waals surface area contributed by atoms with Crippen molar-refractivity contribution in [3.05, 3.63) is 64.7 Å². The standard InChI is InChI=1S/C18H20ClNO4S/c1-13(2)20(18(21)16-9-4-5-10-17(16)19)12-14-7-6-8-15(11-14)24-25(3,22)23/h4-11,13H,12H2,1-3H3. The molecule has 0 fully saturated rings. The molecular weight excluding hydrogens is 362 g/mol. The average Bonchev–Trinajstić information content (AvgIpc) is 2.51. The van der Waals surface area contributed by atoms with Crippen LogP contribution in [0.3, 0.4) is 0 Å². The zero-order valence-electron chi connectivity index (χ0n) is 14.3. The zero-order valence-corrected chi connectivity index (χ0v) is 15.8. The first kappa shape index (κ1) is 19.3. The number of hydrogen-bond donors (Lipinski definition) is 0. The van der Waals surface area contributed by atoms with Gasteiger partial charge in [0, 0.05) is 12.6 Å². The van der Waals surface area contributed by atoms with Crippen LogP contribution in [0.15, 0.2) is 48.5 Å². The van der Waals surface area contributed by atoms with Crippen molar-refractivity contribution in [2.75, 3.05) is 6.26 Å². The first-order valence-electron chi connectivity index (χ1n) is 7.71. The fourth-order valence-corrected chi connectivity index (χ4v) is 3.02. The predicted molar refractivity (Wildman–Crippen MR) is 98.4 cm³/mol. The molecule has 0 saturated carbocycles. The van der Waals surface area contributed by atoms with Gasteiger partial charge in [0.2, 0.25) is 0 Å². The van der Waals surface area contributed by atoms with E-state index in [1.165, 1.54) is 0 Å². The summed E-state index contributed by atoms with van der Waals surface area (Å²) in [5.74, 6) is 0.0314. The number of rotatable bonds is 6. The highest BCUT2D eigenvalue weighted by atomic mass is 35.5. The number of carbonyl (C=O) groups is 1. The van der Waals surface area contributed by atoms with E-state index in [4.69, 9.17) is 15.8 Å². The maximum Gasteiger partial charge on any atom is 0.306 e. The third-order valence-corrected chi connectivity index (χ3v) is 4.31. The Kier molecular flexibility index (Phi) is 6.08. The van der Waals surface area contributed by atoms with Crippen LogP contribution in [-0.2, 0) is 16.7 Å². The minimum absolute atomic E-state index is 0.0664. The van der Waals surface area contributed by atoms with Crippen molar-refractivity contribution < 1.29 is 17.4 Å². The van der Waals surface area contributed by atoms with Crippen LogP contribution >= 0.6 is 11.6 Å². The van der Waals surface area contributed by atoms with Gasteiger partial charge in [-0.3, -0.25) is 4.79 Å². The van der Waals surface area contributed by atoms with Gasteiger partial charge in [-0.1, -0.05) is 35.9 Å². The highest BCUT2D eigenvalue weighted by Crippen LogP contribution is 2.22. The Morgan fingerprint density at radius 3 is 2.44 bits per heavy atom. The molecule has 2 aromatic rings. The zero-order chi connectivity index (χ0) is 18.6. The van der Waals surface area contributed by atoms with Crippen LogP contribution in [0.2, 0.25) is 5.02 Å². The van der Waals surface area contributed by atoms with E-state index in [1.54, 1.807) is 47.4 Å². The van der Waals surface area contributed by atoms with Gasteiger partial charge < -0.3 is 9.08 Å². The van der Waals surface area contributed by atoms with Gasteiger partial charge in [0.15, 0.2) is 0 Å². The van der Waals surface area contributed by atoms with Crippen molar-refractivity contribution in [1.29, 1.82) is 0 Å². The number of benzene rings is 2. The smallest absolute Gasteiger partial charge is 0.306 e. The Labute approximate surface area is 153 Å². The molecule has 25 heavy (non-hydrogen) atoms. The fourth-order valence-electron chi connectivity index (χ4n) is 2.35. The Bertz CT molecular complexity index is 865. The predicted octanol–water partition coefficient (Wildman–Crippen LogP) is 3.73. The fraction of sp³-hybridized carbons (Fsp3) is 0.278. The number of halogens is 1. The van der Waals surface area contributed by atoms with Crippen molar-refractivity contribution >= 4 is 27.6 Å². The molecule has 1 amide bonds. The summed E-state index contributed by atoms with van der Waals surface area (Å²) in [7, 11) is -3.60. The summed E-state index contributed by atoms with van der Waals surface area (Å²) in [6.07, 6.45) is 0.987. The summed E-state index contributed by atoms with van der Waals surface area (Å²) in [5, 5.41) is 0.396. The third-order valence-electron chi connectivity index (χ3n) is 3.49. The molecule has 0 atom stereocenters. The maximum atomic E-state index is 12.8. The van der Waals surface area contributed by atoms with E-state index in [0.717, 1.165) is 11.8 Å². The van der Waals surface area contributed by atoms with E-state index in [2.05, 4.69) is 0 Å². The van der Waals surface area contributed by atoms with E-state index in [1.807, 2.05) is 19.9 Å². The van der Waals surface area contributed by atoms with Gasteiger partial charge >= 0.3 is 10.1 Å². The van der Waals surface area contributed by atoms with Crippen LogP contribution in [0.25, 0.3) is 0 Å². The SMILES string of the molecule is CC(C)N(Cc1cccc(OS(C)(=O)=O)c1)C(=O)c1ccccc1Cl. The quantitative estimate of drug-likeness (QED) is 0.715. The molecule has 0 bridgehead atoms. The highest BCUT2D eigenvalue weighted by Gasteiger charge is 2.21.